The van der Waals surface area contributed by atoms with Crippen molar-refractivity contribution in [1.29, 1.82) is 0 Å². The molecule has 0 spiro atoms. The summed E-state index contributed by atoms with van der Waals surface area (Å²) in [6.45, 7) is 5.43. The molecule has 1 amide bonds. The average molecular weight is 483 g/mol. The SMILES string of the molecule is Cc1ccccc1N1CCN(C(=O)CCSCc2nc3sc4c(c3c(=O)[nH]2)CCCC4)CC1. The van der Waals surface area contributed by atoms with E-state index in [9.17, 15) is 9.59 Å². The maximum Gasteiger partial charge on any atom is 0.259 e. The molecule has 1 saturated heterocycles. The van der Waals surface area contributed by atoms with Gasteiger partial charge in [-0.25, -0.2) is 4.98 Å². The molecule has 3 aromatic rings. The minimum absolute atomic E-state index is 0.00222. The number of benzene rings is 1. The minimum atomic E-state index is -0.00222. The van der Waals surface area contributed by atoms with E-state index in [0.717, 1.165) is 67.2 Å². The van der Waals surface area contributed by atoms with E-state index >= 15 is 0 Å². The lowest BCUT2D eigenvalue weighted by atomic mass is 9.97. The van der Waals surface area contributed by atoms with Crippen LogP contribution in [-0.2, 0) is 23.4 Å². The van der Waals surface area contributed by atoms with Crippen LogP contribution in [0.15, 0.2) is 29.1 Å². The molecule has 5 rings (SSSR count). The number of aromatic amines is 1. The summed E-state index contributed by atoms with van der Waals surface area (Å²) in [6, 6.07) is 8.43. The van der Waals surface area contributed by atoms with Crippen molar-refractivity contribution in [3.8, 4) is 0 Å². The van der Waals surface area contributed by atoms with Crippen LogP contribution >= 0.6 is 23.1 Å². The lowest BCUT2D eigenvalue weighted by Crippen LogP contribution is -2.49. The fraction of sp³-hybridized carbons (Fsp3) is 0.480. The van der Waals surface area contributed by atoms with E-state index in [1.54, 1.807) is 23.1 Å². The average Bonchev–Trinajstić information content (AvgIpc) is 3.21. The van der Waals surface area contributed by atoms with E-state index in [0.29, 0.717) is 12.2 Å². The van der Waals surface area contributed by atoms with Gasteiger partial charge >= 0.3 is 0 Å². The highest BCUT2D eigenvalue weighted by atomic mass is 32.2. The van der Waals surface area contributed by atoms with Gasteiger partial charge in [-0.3, -0.25) is 9.59 Å². The van der Waals surface area contributed by atoms with E-state index in [4.69, 9.17) is 4.98 Å². The predicted molar refractivity (Wildman–Crippen MR) is 138 cm³/mol. The highest BCUT2D eigenvalue weighted by Gasteiger charge is 2.22. The van der Waals surface area contributed by atoms with Crippen LogP contribution in [0.5, 0.6) is 0 Å². The van der Waals surface area contributed by atoms with Crippen LogP contribution in [0.25, 0.3) is 10.2 Å². The molecule has 33 heavy (non-hydrogen) atoms. The molecule has 1 N–H and O–H groups in total. The maximum absolute atomic E-state index is 12.7. The summed E-state index contributed by atoms with van der Waals surface area (Å²) in [5.41, 5.74) is 3.77. The van der Waals surface area contributed by atoms with Gasteiger partial charge in [0.05, 0.1) is 11.1 Å². The van der Waals surface area contributed by atoms with Gasteiger partial charge in [0, 0.05) is 48.9 Å². The number of aryl methyl sites for hydroxylation is 3. The third kappa shape index (κ3) is 4.82. The Kier molecular flexibility index (Phi) is 6.74. The Hall–Kier alpha value is -2.32. The number of amides is 1. The molecule has 8 heteroatoms. The van der Waals surface area contributed by atoms with Crippen LogP contribution in [0.1, 0.15) is 41.1 Å². The molecule has 0 saturated carbocycles. The van der Waals surface area contributed by atoms with Crippen LogP contribution < -0.4 is 10.5 Å². The van der Waals surface area contributed by atoms with Crippen molar-refractivity contribution in [2.24, 2.45) is 0 Å². The Labute approximate surface area is 202 Å². The molecule has 0 unspecified atom stereocenters. The maximum atomic E-state index is 12.7. The molecule has 1 aliphatic carbocycles. The fourth-order valence-corrected chi connectivity index (χ4v) is 6.95. The number of aromatic nitrogens is 2. The quantitative estimate of drug-likeness (QED) is 0.535. The highest BCUT2D eigenvalue weighted by molar-refractivity contribution is 7.98. The second-order valence-electron chi connectivity index (χ2n) is 8.86. The summed E-state index contributed by atoms with van der Waals surface area (Å²) >= 11 is 3.35. The van der Waals surface area contributed by atoms with Crippen LogP contribution in [0.3, 0.4) is 0 Å². The van der Waals surface area contributed by atoms with Crippen molar-refractivity contribution in [2.75, 3.05) is 36.8 Å². The van der Waals surface area contributed by atoms with Gasteiger partial charge in [0.1, 0.15) is 10.7 Å². The number of rotatable bonds is 6. The van der Waals surface area contributed by atoms with Gasteiger partial charge in [0.15, 0.2) is 0 Å². The van der Waals surface area contributed by atoms with Crippen LogP contribution in [0, 0.1) is 6.92 Å². The van der Waals surface area contributed by atoms with Crippen molar-refractivity contribution in [2.45, 2.75) is 44.8 Å². The third-order valence-corrected chi connectivity index (χ3v) is 8.82. The Morgan fingerprint density at radius 1 is 1.15 bits per heavy atom. The minimum Gasteiger partial charge on any atom is -0.368 e. The molecule has 1 aromatic carbocycles. The van der Waals surface area contributed by atoms with Gasteiger partial charge < -0.3 is 14.8 Å². The molecule has 6 nitrogen and oxygen atoms in total. The summed E-state index contributed by atoms with van der Waals surface area (Å²) in [4.78, 5) is 39.6. The number of H-pyrrole nitrogens is 1. The Balaban J connectivity index is 1.11. The third-order valence-electron chi connectivity index (χ3n) is 6.66. The molecule has 174 valence electrons. The number of hydrogen-bond acceptors (Lipinski definition) is 6. The predicted octanol–water partition coefficient (Wildman–Crippen LogP) is 4.14. The van der Waals surface area contributed by atoms with E-state index in [1.165, 1.54) is 28.1 Å². The number of nitrogens with one attached hydrogen (secondary N) is 1. The zero-order chi connectivity index (χ0) is 22.8. The molecule has 3 heterocycles. The summed E-state index contributed by atoms with van der Waals surface area (Å²) < 4.78 is 0. The first kappa shape index (κ1) is 22.5. The van der Waals surface area contributed by atoms with Crippen LogP contribution in [-0.4, -0.2) is 52.7 Å². The largest absolute Gasteiger partial charge is 0.368 e. The van der Waals surface area contributed by atoms with Gasteiger partial charge in [-0.15, -0.1) is 11.3 Å². The lowest BCUT2D eigenvalue weighted by Gasteiger charge is -2.36. The summed E-state index contributed by atoms with van der Waals surface area (Å²) in [5, 5.41) is 0.809. The Bertz CT molecular complexity index is 1210. The van der Waals surface area contributed by atoms with Crippen LogP contribution in [0.2, 0.25) is 0 Å². The first-order chi connectivity index (χ1) is 16.1. The van der Waals surface area contributed by atoms with E-state index < -0.39 is 0 Å². The smallest absolute Gasteiger partial charge is 0.259 e. The number of fused-ring (bicyclic) bond motifs is 3. The van der Waals surface area contributed by atoms with Gasteiger partial charge in [-0.2, -0.15) is 11.8 Å². The molecular weight excluding hydrogens is 452 g/mol. The second kappa shape index (κ2) is 9.89. The number of thiophene rings is 1. The molecular formula is C25H30N4O2S2. The molecule has 1 aliphatic heterocycles. The van der Waals surface area contributed by atoms with Crippen molar-refractivity contribution in [1.82, 2.24) is 14.9 Å². The fourth-order valence-electron chi connectivity index (χ4n) is 4.88. The summed E-state index contributed by atoms with van der Waals surface area (Å²) in [7, 11) is 0. The number of carbonyl (C=O) groups is 1. The van der Waals surface area contributed by atoms with E-state index in [2.05, 4.69) is 41.1 Å². The number of hydrogen-bond donors (Lipinski definition) is 1. The highest BCUT2D eigenvalue weighted by Crippen LogP contribution is 2.33. The first-order valence-electron chi connectivity index (χ1n) is 11.8. The number of nitrogens with zero attached hydrogens (tertiary/aromatic N) is 3. The van der Waals surface area contributed by atoms with Gasteiger partial charge in [-0.05, 0) is 49.8 Å². The number of carbonyl (C=O) groups excluding carboxylic acids is 1. The number of anilines is 1. The molecule has 0 bridgehead atoms. The van der Waals surface area contributed by atoms with Crippen molar-refractivity contribution >= 4 is 44.9 Å². The molecule has 1 fully saturated rings. The monoisotopic (exact) mass is 482 g/mol. The van der Waals surface area contributed by atoms with E-state index in [1.807, 2.05) is 4.90 Å². The normalized spacial score (nSPS) is 16.3. The first-order valence-corrected chi connectivity index (χ1v) is 13.8. The Morgan fingerprint density at radius 2 is 1.94 bits per heavy atom. The zero-order valence-corrected chi connectivity index (χ0v) is 20.7. The molecule has 2 aromatic heterocycles. The van der Waals surface area contributed by atoms with Gasteiger partial charge in [0.2, 0.25) is 5.91 Å². The Morgan fingerprint density at radius 3 is 2.76 bits per heavy atom. The van der Waals surface area contributed by atoms with Crippen molar-refractivity contribution < 1.29 is 4.79 Å². The molecule has 0 radical (unpaired) electrons. The lowest BCUT2D eigenvalue weighted by molar-refractivity contribution is -0.131. The van der Waals surface area contributed by atoms with E-state index in [-0.39, 0.29) is 11.5 Å². The summed E-state index contributed by atoms with van der Waals surface area (Å²) in [5.74, 6) is 2.30. The second-order valence-corrected chi connectivity index (χ2v) is 11.0. The van der Waals surface area contributed by atoms with Gasteiger partial charge in [0.25, 0.3) is 5.56 Å². The molecule has 2 aliphatic rings. The van der Waals surface area contributed by atoms with Crippen molar-refractivity contribution in [3.63, 3.8) is 0 Å². The van der Waals surface area contributed by atoms with Crippen LogP contribution in [0.4, 0.5) is 5.69 Å². The van der Waals surface area contributed by atoms with Gasteiger partial charge in [-0.1, -0.05) is 18.2 Å². The molecule has 0 atom stereocenters. The van der Waals surface area contributed by atoms with Crippen molar-refractivity contribution in [3.05, 3.63) is 56.4 Å². The standard InChI is InChI=1S/C25H30N4O2S2/c1-17-6-2-4-8-19(17)28-11-13-29(14-12-28)22(30)10-15-32-16-21-26-24(31)23-18-7-3-5-9-20(18)33-25(23)27-21/h2,4,6,8H,3,5,7,9-16H2,1H3,(H,26,27,31). The number of para-hydroxylation sites is 1. The topological polar surface area (TPSA) is 69.3 Å². The summed E-state index contributed by atoms with van der Waals surface area (Å²) in [6.07, 6.45) is 4.95. The number of piperazine rings is 1. The zero-order valence-electron chi connectivity index (χ0n) is 19.1. The number of thioether (sulfide) groups is 1.